The van der Waals surface area contributed by atoms with E-state index in [1.54, 1.807) is 24.5 Å². The molecule has 0 radical (unpaired) electrons. The second kappa shape index (κ2) is 4.53. The third-order valence-corrected chi connectivity index (χ3v) is 2.88. The average Bonchev–Trinajstić information content (AvgIpc) is 2.89. The molecule has 2 N–H and O–H groups in total. The van der Waals surface area contributed by atoms with E-state index in [-0.39, 0.29) is 5.91 Å². The second-order valence-corrected chi connectivity index (χ2v) is 4.31. The van der Waals surface area contributed by atoms with Crippen molar-refractivity contribution in [3.63, 3.8) is 0 Å². The molecule has 0 spiro atoms. The number of aryl methyl sites for hydroxylation is 1. The minimum absolute atomic E-state index is 0.191. The van der Waals surface area contributed by atoms with Crippen molar-refractivity contribution in [3.8, 4) is 0 Å². The number of rotatable bonds is 2. The number of fused-ring (bicyclic) bond motifs is 1. The lowest BCUT2D eigenvalue weighted by Gasteiger charge is -2.05. The number of pyridine rings is 1. The Bertz CT molecular complexity index is 731. The molecule has 94 valence electrons. The number of carbonyl (C=O) groups is 1. The van der Waals surface area contributed by atoms with Gasteiger partial charge >= 0.3 is 0 Å². The smallest absolute Gasteiger partial charge is 0.257 e. The van der Waals surface area contributed by atoms with Crippen LogP contribution in [-0.2, 0) is 0 Å². The van der Waals surface area contributed by atoms with Crippen LogP contribution in [0.5, 0.6) is 0 Å². The van der Waals surface area contributed by atoms with Crippen LogP contribution >= 0.6 is 0 Å². The van der Waals surface area contributed by atoms with Gasteiger partial charge in [0.1, 0.15) is 5.82 Å². The summed E-state index contributed by atoms with van der Waals surface area (Å²) in [5, 5.41) is 10.4. The van der Waals surface area contributed by atoms with Crippen molar-refractivity contribution in [3.05, 3.63) is 53.9 Å². The highest BCUT2D eigenvalue weighted by Gasteiger charge is 2.11. The summed E-state index contributed by atoms with van der Waals surface area (Å²) >= 11 is 0. The van der Waals surface area contributed by atoms with Gasteiger partial charge in [-0.15, -0.1) is 0 Å². The van der Waals surface area contributed by atoms with Crippen LogP contribution in [0.3, 0.4) is 0 Å². The van der Waals surface area contributed by atoms with Gasteiger partial charge in [-0.05, 0) is 30.7 Å². The highest BCUT2D eigenvalue weighted by Crippen LogP contribution is 2.17. The Kier molecular flexibility index (Phi) is 2.72. The monoisotopic (exact) mass is 252 g/mol. The number of hydrogen-bond donors (Lipinski definition) is 2. The summed E-state index contributed by atoms with van der Waals surface area (Å²) in [7, 11) is 0. The maximum atomic E-state index is 12.2. The largest absolute Gasteiger partial charge is 0.307 e. The van der Waals surface area contributed by atoms with Gasteiger partial charge in [-0.25, -0.2) is 4.98 Å². The van der Waals surface area contributed by atoms with Crippen molar-refractivity contribution in [2.45, 2.75) is 6.92 Å². The molecule has 0 atom stereocenters. The van der Waals surface area contributed by atoms with Crippen LogP contribution < -0.4 is 5.32 Å². The Morgan fingerprint density at radius 3 is 2.89 bits per heavy atom. The number of aromatic amines is 1. The third-order valence-electron chi connectivity index (χ3n) is 2.88. The first-order valence-electron chi connectivity index (χ1n) is 5.90. The van der Waals surface area contributed by atoms with Gasteiger partial charge in [-0.3, -0.25) is 9.89 Å². The zero-order valence-electron chi connectivity index (χ0n) is 10.3. The van der Waals surface area contributed by atoms with Gasteiger partial charge in [0, 0.05) is 11.6 Å². The Balaban J connectivity index is 1.92. The van der Waals surface area contributed by atoms with Crippen LogP contribution in [0.15, 0.2) is 42.7 Å². The van der Waals surface area contributed by atoms with Gasteiger partial charge in [-0.2, -0.15) is 5.10 Å². The Hall–Kier alpha value is -2.69. The number of nitrogens with zero attached hydrogens (tertiary/aromatic N) is 2. The van der Waals surface area contributed by atoms with E-state index < -0.39 is 0 Å². The summed E-state index contributed by atoms with van der Waals surface area (Å²) in [4.78, 5) is 16.4. The molecule has 2 aromatic heterocycles. The predicted molar refractivity (Wildman–Crippen MR) is 73.0 cm³/mol. The summed E-state index contributed by atoms with van der Waals surface area (Å²) in [5.74, 6) is 0.347. The predicted octanol–water partition coefficient (Wildman–Crippen LogP) is 2.52. The van der Waals surface area contributed by atoms with Crippen LogP contribution in [0.4, 0.5) is 5.82 Å². The second-order valence-electron chi connectivity index (χ2n) is 4.31. The quantitative estimate of drug-likeness (QED) is 0.736. The van der Waals surface area contributed by atoms with E-state index in [0.29, 0.717) is 11.4 Å². The highest BCUT2D eigenvalue weighted by molar-refractivity contribution is 6.11. The average molecular weight is 252 g/mol. The molecule has 19 heavy (non-hydrogen) atoms. The van der Waals surface area contributed by atoms with E-state index in [1.165, 1.54) is 0 Å². The Labute approximate surface area is 109 Å². The molecule has 0 aliphatic rings. The lowest BCUT2D eigenvalue weighted by Crippen LogP contribution is -2.13. The molecular weight excluding hydrogens is 240 g/mol. The Morgan fingerprint density at radius 2 is 2.11 bits per heavy atom. The van der Waals surface area contributed by atoms with E-state index in [4.69, 9.17) is 0 Å². The molecule has 0 aliphatic heterocycles. The van der Waals surface area contributed by atoms with Crippen molar-refractivity contribution in [2.75, 3.05) is 5.32 Å². The molecule has 3 rings (SSSR count). The number of amides is 1. The van der Waals surface area contributed by atoms with Crippen molar-refractivity contribution in [1.29, 1.82) is 0 Å². The number of nitrogens with one attached hydrogen (secondary N) is 2. The molecule has 2 heterocycles. The maximum Gasteiger partial charge on any atom is 0.257 e. The van der Waals surface area contributed by atoms with Crippen LogP contribution in [0.1, 0.15) is 15.9 Å². The van der Waals surface area contributed by atoms with Gasteiger partial charge in [0.05, 0.1) is 17.3 Å². The summed E-state index contributed by atoms with van der Waals surface area (Å²) in [6.45, 7) is 1.95. The van der Waals surface area contributed by atoms with Gasteiger partial charge in [-0.1, -0.05) is 12.1 Å². The molecule has 0 fully saturated rings. The molecule has 0 saturated carbocycles. The molecule has 3 aromatic rings. The van der Waals surface area contributed by atoms with E-state index >= 15 is 0 Å². The SMILES string of the molecule is Cc1ccc(NC(=O)c2cccc3[nH]ncc23)nc1. The fourth-order valence-electron chi connectivity index (χ4n) is 1.89. The van der Waals surface area contributed by atoms with Gasteiger partial charge in [0.2, 0.25) is 0 Å². The molecule has 1 amide bonds. The van der Waals surface area contributed by atoms with Crippen molar-refractivity contribution in [2.24, 2.45) is 0 Å². The number of H-pyrrole nitrogens is 1. The highest BCUT2D eigenvalue weighted by atomic mass is 16.1. The van der Waals surface area contributed by atoms with Crippen LogP contribution in [0.2, 0.25) is 0 Å². The summed E-state index contributed by atoms with van der Waals surface area (Å²) in [6, 6.07) is 9.15. The normalized spacial score (nSPS) is 10.6. The lowest BCUT2D eigenvalue weighted by atomic mass is 10.1. The van der Waals surface area contributed by atoms with Crippen molar-refractivity contribution in [1.82, 2.24) is 15.2 Å². The van der Waals surface area contributed by atoms with E-state index in [9.17, 15) is 4.79 Å². The number of benzene rings is 1. The summed E-state index contributed by atoms with van der Waals surface area (Å²) in [6.07, 6.45) is 3.36. The van der Waals surface area contributed by atoms with Crippen LogP contribution in [-0.4, -0.2) is 21.1 Å². The third kappa shape index (κ3) is 2.18. The standard InChI is InChI=1S/C14H12N4O/c1-9-5-6-13(15-7-9)17-14(19)10-3-2-4-12-11(10)8-16-18-12/h2-8H,1H3,(H,16,18)(H,15,17,19). The van der Waals surface area contributed by atoms with E-state index in [0.717, 1.165) is 16.5 Å². The summed E-state index contributed by atoms with van der Waals surface area (Å²) < 4.78 is 0. The van der Waals surface area contributed by atoms with Gasteiger partial charge in [0.25, 0.3) is 5.91 Å². The zero-order chi connectivity index (χ0) is 13.2. The van der Waals surface area contributed by atoms with E-state index in [1.807, 2.05) is 25.1 Å². The molecular formula is C14H12N4O. The number of aromatic nitrogens is 3. The topological polar surface area (TPSA) is 70.7 Å². The number of hydrogen-bond acceptors (Lipinski definition) is 3. The molecule has 5 nitrogen and oxygen atoms in total. The first kappa shape index (κ1) is 11.4. The minimum atomic E-state index is -0.191. The Morgan fingerprint density at radius 1 is 1.21 bits per heavy atom. The van der Waals surface area contributed by atoms with Gasteiger partial charge < -0.3 is 5.32 Å². The van der Waals surface area contributed by atoms with Gasteiger partial charge in [0.15, 0.2) is 0 Å². The number of carbonyl (C=O) groups excluding carboxylic acids is 1. The molecule has 0 saturated heterocycles. The maximum absolute atomic E-state index is 12.2. The van der Waals surface area contributed by atoms with Crippen molar-refractivity contribution < 1.29 is 4.79 Å². The molecule has 0 aliphatic carbocycles. The van der Waals surface area contributed by atoms with E-state index in [2.05, 4.69) is 20.5 Å². The summed E-state index contributed by atoms with van der Waals surface area (Å²) in [5.41, 5.74) is 2.47. The molecule has 5 heteroatoms. The fourth-order valence-corrected chi connectivity index (χ4v) is 1.89. The molecule has 0 unspecified atom stereocenters. The van der Waals surface area contributed by atoms with Crippen LogP contribution in [0, 0.1) is 6.92 Å². The number of anilines is 1. The van der Waals surface area contributed by atoms with Crippen molar-refractivity contribution >= 4 is 22.6 Å². The zero-order valence-corrected chi connectivity index (χ0v) is 10.3. The first-order chi connectivity index (χ1) is 9.24. The van der Waals surface area contributed by atoms with Crippen LogP contribution in [0.25, 0.3) is 10.9 Å². The lowest BCUT2D eigenvalue weighted by molar-refractivity contribution is 0.102. The fraction of sp³-hybridized carbons (Fsp3) is 0.0714. The molecule has 1 aromatic carbocycles. The first-order valence-corrected chi connectivity index (χ1v) is 5.90. The minimum Gasteiger partial charge on any atom is -0.307 e. The molecule has 0 bridgehead atoms.